The summed E-state index contributed by atoms with van der Waals surface area (Å²) in [6, 6.07) is 0. The number of rotatable bonds is 2. The molecule has 2 saturated carbocycles. The van der Waals surface area contributed by atoms with Crippen molar-refractivity contribution in [3.8, 4) is 0 Å². The van der Waals surface area contributed by atoms with E-state index in [1.54, 1.807) is 0 Å². The predicted molar refractivity (Wildman–Crippen MR) is 55.1 cm³/mol. The van der Waals surface area contributed by atoms with E-state index in [2.05, 4.69) is 10.2 Å². The molecule has 2 fully saturated rings. The van der Waals surface area contributed by atoms with Crippen LogP contribution in [0.2, 0.25) is 0 Å². The van der Waals surface area contributed by atoms with E-state index in [1.807, 2.05) is 11.6 Å². The summed E-state index contributed by atoms with van der Waals surface area (Å²) in [6.07, 6.45) is 5.47. The first kappa shape index (κ1) is 9.33. The van der Waals surface area contributed by atoms with E-state index in [1.165, 1.54) is 25.7 Å². The number of aliphatic hydroxyl groups is 1. The van der Waals surface area contributed by atoms with E-state index in [0.29, 0.717) is 11.7 Å². The molecule has 2 aliphatic carbocycles. The molecule has 1 aromatic heterocycles. The molecule has 0 amide bonds. The molecule has 0 bridgehead atoms. The second-order valence-corrected chi connectivity index (χ2v) is 4.83. The number of hydrogen-bond donors (Lipinski definition) is 1. The van der Waals surface area contributed by atoms with Crippen molar-refractivity contribution in [3.63, 3.8) is 0 Å². The SMILES string of the molecule is Cn1c(CO)nnc1C1C2CCCCC21. The Hall–Kier alpha value is -0.900. The average Bonchev–Trinajstić information content (AvgIpc) is 2.88. The van der Waals surface area contributed by atoms with Gasteiger partial charge >= 0.3 is 0 Å². The lowest BCUT2D eigenvalue weighted by Gasteiger charge is -2.04. The second kappa shape index (κ2) is 3.30. The topological polar surface area (TPSA) is 50.9 Å². The van der Waals surface area contributed by atoms with Gasteiger partial charge in [-0.25, -0.2) is 0 Å². The Bertz CT molecular complexity index is 362. The quantitative estimate of drug-likeness (QED) is 0.793. The largest absolute Gasteiger partial charge is 0.388 e. The Morgan fingerprint density at radius 3 is 2.47 bits per heavy atom. The third-order valence-electron chi connectivity index (χ3n) is 4.09. The lowest BCUT2D eigenvalue weighted by molar-refractivity contribution is 0.266. The minimum absolute atomic E-state index is 0.00838. The zero-order valence-corrected chi connectivity index (χ0v) is 9.06. The highest BCUT2D eigenvalue weighted by atomic mass is 16.3. The molecular formula is C11H17N3O. The zero-order valence-electron chi connectivity index (χ0n) is 9.06. The van der Waals surface area contributed by atoms with E-state index in [-0.39, 0.29) is 6.61 Å². The first-order valence-electron chi connectivity index (χ1n) is 5.82. The third kappa shape index (κ3) is 1.31. The van der Waals surface area contributed by atoms with Crippen LogP contribution in [0.4, 0.5) is 0 Å². The van der Waals surface area contributed by atoms with E-state index in [0.717, 1.165) is 17.7 Å². The van der Waals surface area contributed by atoms with Gasteiger partial charge in [0, 0.05) is 13.0 Å². The van der Waals surface area contributed by atoms with Crippen LogP contribution in [0.25, 0.3) is 0 Å². The summed E-state index contributed by atoms with van der Waals surface area (Å²) in [5.41, 5.74) is 0. The molecule has 15 heavy (non-hydrogen) atoms. The van der Waals surface area contributed by atoms with Gasteiger partial charge in [-0.05, 0) is 24.7 Å². The van der Waals surface area contributed by atoms with Gasteiger partial charge in [-0.2, -0.15) is 0 Å². The molecule has 2 aliphatic rings. The lowest BCUT2D eigenvalue weighted by Crippen LogP contribution is -2.02. The van der Waals surface area contributed by atoms with Gasteiger partial charge in [0.1, 0.15) is 12.4 Å². The van der Waals surface area contributed by atoms with Gasteiger partial charge in [-0.15, -0.1) is 10.2 Å². The molecule has 1 heterocycles. The van der Waals surface area contributed by atoms with Gasteiger partial charge in [0.15, 0.2) is 5.82 Å². The van der Waals surface area contributed by atoms with Gasteiger partial charge in [-0.3, -0.25) is 0 Å². The van der Waals surface area contributed by atoms with E-state index < -0.39 is 0 Å². The first-order chi connectivity index (χ1) is 7.33. The van der Waals surface area contributed by atoms with Crippen molar-refractivity contribution in [2.24, 2.45) is 18.9 Å². The lowest BCUT2D eigenvalue weighted by atomic mass is 10.0. The predicted octanol–water partition coefficient (Wildman–Crippen LogP) is 1.21. The molecule has 2 atom stereocenters. The Kier molecular flexibility index (Phi) is 2.06. The van der Waals surface area contributed by atoms with Gasteiger partial charge in [-0.1, -0.05) is 12.8 Å². The van der Waals surface area contributed by atoms with Crippen molar-refractivity contribution < 1.29 is 5.11 Å². The fourth-order valence-electron chi connectivity index (χ4n) is 3.18. The van der Waals surface area contributed by atoms with Crippen molar-refractivity contribution in [2.45, 2.75) is 38.2 Å². The van der Waals surface area contributed by atoms with Crippen molar-refractivity contribution in [2.75, 3.05) is 0 Å². The van der Waals surface area contributed by atoms with Gasteiger partial charge in [0.05, 0.1) is 0 Å². The monoisotopic (exact) mass is 207 g/mol. The molecule has 4 nitrogen and oxygen atoms in total. The van der Waals surface area contributed by atoms with Crippen molar-refractivity contribution in [1.82, 2.24) is 14.8 Å². The van der Waals surface area contributed by atoms with Crippen molar-refractivity contribution in [3.05, 3.63) is 11.6 Å². The van der Waals surface area contributed by atoms with Gasteiger partial charge in [0.25, 0.3) is 0 Å². The normalized spacial score (nSPS) is 33.9. The van der Waals surface area contributed by atoms with E-state index in [4.69, 9.17) is 5.11 Å². The maximum Gasteiger partial charge on any atom is 0.158 e. The Labute approximate surface area is 89.3 Å². The summed E-state index contributed by atoms with van der Waals surface area (Å²) in [6.45, 7) is -0.00838. The highest BCUT2D eigenvalue weighted by Gasteiger charge is 2.53. The number of nitrogens with zero attached hydrogens (tertiary/aromatic N) is 3. The maximum absolute atomic E-state index is 9.07. The Morgan fingerprint density at radius 2 is 1.93 bits per heavy atom. The van der Waals surface area contributed by atoms with E-state index in [9.17, 15) is 0 Å². The van der Waals surface area contributed by atoms with Crippen molar-refractivity contribution in [1.29, 1.82) is 0 Å². The standard InChI is InChI=1S/C11H17N3O/c1-14-9(6-15)12-13-11(14)10-7-4-2-3-5-8(7)10/h7-8,10,15H,2-6H2,1H3. The van der Waals surface area contributed by atoms with Crippen LogP contribution in [-0.2, 0) is 13.7 Å². The average molecular weight is 207 g/mol. The van der Waals surface area contributed by atoms with Crippen LogP contribution in [-0.4, -0.2) is 19.9 Å². The fourth-order valence-corrected chi connectivity index (χ4v) is 3.18. The Balaban J connectivity index is 1.85. The van der Waals surface area contributed by atoms with Crippen LogP contribution in [0.3, 0.4) is 0 Å². The number of fused-ring (bicyclic) bond motifs is 1. The fraction of sp³-hybridized carbons (Fsp3) is 0.818. The van der Waals surface area contributed by atoms with Crippen LogP contribution in [0.5, 0.6) is 0 Å². The molecule has 0 aliphatic heterocycles. The maximum atomic E-state index is 9.07. The molecule has 1 aromatic rings. The zero-order chi connectivity index (χ0) is 10.4. The molecule has 3 rings (SSSR count). The molecule has 4 heteroatoms. The molecule has 0 aromatic carbocycles. The summed E-state index contributed by atoms with van der Waals surface area (Å²) in [5.74, 6) is 4.12. The molecule has 82 valence electrons. The first-order valence-corrected chi connectivity index (χ1v) is 5.82. The summed E-state index contributed by atoms with van der Waals surface area (Å²) in [7, 11) is 1.96. The smallest absolute Gasteiger partial charge is 0.158 e. The van der Waals surface area contributed by atoms with Crippen LogP contribution < -0.4 is 0 Å². The minimum atomic E-state index is -0.00838. The summed E-state index contributed by atoms with van der Waals surface area (Å²) < 4.78 is 1.98. The summed E-state index contributed by atoms with van der Waals surface area (Å²) >= 11 is 0. The van der Waals surface area contributed by atoms with Gasteiger partial charge < -0.3 is 9.67 Å². The van der Waals surface area contributed by atoms with Crippen LogP contribution in [0.1, 0.15) is 43.3 Å². The van der Waals surface area contributed by atoms with E-state index >= 15 is 0 Å². The van der Waals surface area contributed by atoms with Gasteiger partial charge in [0.2, 0.25) is 0 Å². The summed E-state index contributed by atoms with van der Waals surface area (Å²) in [5, 5.41) is 17.3. The number of aliphatic hydroxyl groups excluding tert-OH is 1. The molecule has 2 unspecified atom stereocenters. The third-order valence-corrected chi connectivity index (χ3v) is 4.09. The molecular weight excluding hydrogens is 190 g/mol. The summed E-state index contributed by atoms with van der Waals surface area (Å²) in [4.78, 5) is 0. The molecule has 0 saturated heterocycles. The minimum Gasteiger partial charge on any atom is -0.388 e. The molecule has 1 N–H and O–H groups in total. The second-order valence-electron chi connectivity index (χ2n) is 4.83. The highest BCUT2D eigenvalue weighted by molar-refractivity contribution is 5.17. The Morgan fingerprint density at radius 1 is 1.27 bits per heavy atom. The highest BCUT2D eigenvalue weighted by Crippen LogP contribution is 2.60. The van der Waals surface area contributed by atoms with Crippen LogP contribution in [0, 0.1) is 11.8 Å². The molecule has 0 radical (unpaired) electrons. The molecule has 0 spiro atoms. The van der Waals surface area contributed by atoms with Crippen LogP contribution in [0.15, 0.2) is 0 Å². The van der Waals surface area contributed by atoms with Crippen LogP contribution >= 0.6 is 0 Å². The number of hydrogen-bond acceptors (Lipinski definition) is 3. The number of aromatic nitrogens is 3. The van der Waals surface area contributed by atoms with Crippen molar-refractivity contribution >= 4 is 0 Å².